The van der Waals surface area contributed by atoms with Gasteiger partial charge < -0.3 is 5.32 Å². The molecule has 0 aliphatic heterocycles. The van der Waals surface area contributed by atoms with E-state index in [1.807, 2.05) is 0 Å². The number of amides is 1. The van der Waals surface area contributed by atoms with Gasteiger partial charge in [0.2, 0.25) is 5.91 Å². The van der Waals surface area contributed by atoms with Gasteiger partial charge in [-0.3, -0.25) is 4.79 Å². The zero-order valence-corrected chi connectivity index (χ0v) is 14.0. The largest absolute Gasteiger partial charge is 0.417 e. The van der Waals surface area contributed by atoms with E-state index in [0.29, 0.717) is 6.20 Å². The number of carbonyl (C=O) groups excluding carboxylic acids is 1. The van der Waals surface area contributed by atoms with Crippen molar-refractivity contribution in [2.45, 2.75) is 38.6 Å². The fourth-order valence-electron chi connectivity index (χ4n) is 1.69. The van der Waals surface area contributed by atoms with Crippen LogP contribution in [0.5, 0.6) is 0 Å². The topological polar surface area (TPSA) is 76.1 Å². The summed E-state index contributed by atoms with van der Waals surface area (Å²) >= 11 is 0. The van der Waals surface area contributed by atoms with E-state index < -0.39 is 32.2 Å². The van der Waals surface area contributed by atoms with E-state index >= 15 is 0 Å². The molecule has 0 aliphatic carbocycles. The Morgan fingerprint density at radius 3 is 2.22 bits per heavy atom. The van der Waals surface area contributed by atoms with Crippen molar-refractivity contribution in [2.24, 2.45) is 5.92 Å². The summed E-state index contributed by atoms with van der Waals surface area (Å²) in [4.78, 5) is 15.7. The number of anilines is 1. The molecule has 0 atom stereocenters. The first-order chi connectivity index (χ1) is 10.3. The van der Waals surface area contributed by atoms with Crippen LogP contribution < -0.4 is 5.32 Å². The maximum Gasteiger partial charge on any atom is 0.417 e. The summed E-state index contributed by atoms with van der Waals surface area (Å²) in [6, 6.07) is 1.74. The second-order valence-corrected chi connectivity index (χ2v) is 8.65. The predicted molar refractivity (Wildman–Crippen MR) is 80.6 cm³/mol. The van der Waals surface area contributed by atoms with E-state index in [1.165, 1.54) is 13.8 Å². The van der Waals surface area contributed by atoms with Crippen LogP contribution in [-0.2, 0) is 20.8 Å². The Bertz CT molecular complexity index is 666. The highest BCUT2D eigenvalue weighted by Gasteiger charge is 2.42. The lowest BCUT2D eigenvalue weighted by molar-refractivity contribution is -0.137. The first kappa shape index (κ1) is 19.4. The van der Waals surface area contributed by atoms with Gasteiger partial charge in [0.1, 0.15) is 10.6 Å². The number of pyridine rings is 1. The number of alkyl halides is 3. The van der Waals surface area contributed by atoms with Crippen molar-refractivity contribution >= 4 is 21.6 Å². The Labute approximate surface area is 133 Å². The van der Waals surface area contributed by atoms with Crippen molar-refractivity contribution in [1.29, 1.82) is 0 Å². The highest BCUT2D eigenvalue weighted by atomic mass is 32.2. The Hall–Kier alpha value is -1.64. The van der Waals surface area contributed by atoms with Gasteiger partial charge in [-0.2, -0.15) is 13.2 Å². The molecule has 1 heterocycles. The molecule has 5 nitrogen and oxygen atoms in total. The zero-order chi connectivity index (χ0) is 18.1. The van der Waals surface area contributed by atoms with E-state index in [1.54, 1.807) is 13.8 Å². The monoisotopic (exact) mass is 352 g/mol. The van der Waals surface area contributed by atoms with Gasteiger partial charge in [-0.15, -0.1) is 0 Å². The van der Waals surface area contributed by atoms with Gasteiger partial charge in [0, 0.05) is 6.20 Å². The molecule has 0 saturated carbocycles. The van der Waals surface area contributed by atoms with Crippen LogP contribution in [0.2, 0.25) is 0 Å². The van der Waals surface area contributed by atoms with Crippen molar-refractivity contribution in [3.8, 4) is 0 Å². The van der Waals surface area contributed by atoms with Crippen LogP contribution >= 0.6 is 0 Å². The van der Waals surface area contributed by atoms with Gasteiger partial charge in [0.05, 0.1) is 11.3 Å². The number of nitrogens with zero attached hydrogens (tertiary/aromatic N) is 1. The summed E-state index contributed by atoms with van der Waals surface area (Å²) in [5.41, 5.74) is -0.956. The van der Waals surface area contributed by atoms with E-state index in [2.05, 4.69) is 10.3 Å². The number of hydrogen-bond acceptors (Lipinski definition) is 4. The summed E-state index contributed by atoms with van der Waals surface area (Å²) in [6.07, 6.45) is -3.96. The van der Waals surface area contributed by atoms with Gasteiger partial charge in [-0.05, 0) is 31.9 Å². The molecule has 0 aliphatic rings. The highest BCUT2D eigenvalue weighted by Crippen LogP contribution is 2.29. The van der Waals surface area contributed by atoms with Crippen LogP contribution in [0, 0.1) is 5.92 Å². The zero-order valence-electron chi connectivity index (χ0n) is 13.2. The molecule has 1 rings (SSSR count). The lowest BCUT2D eigenvalue weighted by Gasteiger charge is -2.24. The number of halogens is 3. The second-order valence-electron chi connectivity index (χ2n) is 6.07. The number of carbonyl (C=O) groups is 1. The third kappa shape index (κ3) is 4.66. The fourth-order valence-corrected chi connectivity index (χ4v) is 3.32. The molecule has 0 aromatic carbocycles. The number of aromatic nitrogens is 1. The van der Waals surface area contributed by atoms with Crippen LogP contribution in [0.3, 0.4) is 0 Å². The summed E-state index contributed by atoms with van der Waals surface area (Å²) in [6.45, 7) is 5.93. The van der Waals surface area contributed by atoms with Crippen LogP contribution in [0.1, 0.15) is 33.3 Å². The number of sulfone groups is 1. The maximum atomic E-state index is 12.4. The predicted octanol–water partition coefficient (Wildman–Crippen LogP) is 2.89. The fraction of sp³-hybridized carbons (Fsp3) is 0.571. The molecular formula is C14H19F3N2O3S. The lowest BCUT2D eigenvalue weighted by Crippen LogP contribution is -2.46. The Kier molecular flexibility index (Phi) is 5.45. The Balaban J connectivity index is 2.94. The van der Waals surface area contributed by atoms with Crippen LogP contribution in [0.15, 0.2) is 18.3 Å². The number of nitrogens with one attached hydrogen (secondary N) is 1. The third-order valence-electron chi connectivity index (χ3n) is 3.21. The van der Waals surface area contributed by atoms with Gasteiger partial charge in [-0.25, -0.2) is 13.4 Å². The molecule has 1 aromatic heterocycles. The van der Waals surface area contributed by atoms with E-state index in [-0.39, 0.29) is 17.5 Å². The van der Waals surface area contributed by atoms with Crippen molar-refractivity contribution < 1.29 is 26.4 Å². The summed E-state index contributed by atoms with van der Waals surface area (Å²) in [5.74, 6) is -1.31. The van der Waals surface area contributed by atoms with E-state index in [0.717, 1.165) is 12.1 Å². The van der Waals surface area contributed by atoms with Crippen molar-refractivity contribution in [3.63, 3.8) is 0 Å². The molecule has 1 N–H and O–H groups in total. The SMILES string of the molecule is CC(C)CS(=O)(=O)C(C)(C)C(=O)Nc1ccc(C(F)(F)F)cn1. The quantitative estimate of drug-likeness (QED) is 0.884. The minimum Gasteiger partial charge on any atom is -0.309 e. The summed E-state index contributed by atoms with van der Waals surface area (Å²) in [7, 11) is -3.73. The molecule has 130 valence electrons. The van der Waals surface area contributed by atoms with Crippen molar-refractivity contribution in [1.82, 2.24) is 4.98 Å². The molecule has 9 heteroatoms. The summed E-state index contributed by atoms with van der Waals surface area (Å²) in [5, 5.41) is 2.24. The normalized spacial score (nSPS) is 13.2. The third-order valence-corrected chi connectivity index (χ3v) is 6.06. The number of rotatable bonds is 5. The van der Waals surface area contributed by atoms with Crippen molar-refractivity contribution in [3.05, 3.63) is 23.9 Å². The minimum absolute atomic E-state index is 0.143. The molecule has 23 heavy (non-hydrogen) atoms. The molecule has 1 amide bonds. The first-order valence-corrected chi connectivity index (χ1v) is 8.49. The first-order valence-electron chi connectivity index (χ1n) is 6.84. The van der Waals surface area contributed by atoms with Crippen LogP contribution in [-0.4, -0.2) is 29.8 Å². The highest BCUT2D eigenvalue weighted by molar-refractivity contribution is 7.93. The summed E-state index contributed by atoms with van der Waals surface area (Å²) < 4.78 is 60.1. The Morgan fingerprint density at radius 2 is 1.83 bits per heavy atom. The van der Waals surface area contributed by atoms with Gasteiger partial charge >= 0.3 is 6.18 Å². The van der Waals surface area contributed by atoms with Gasteiger partial charge in [0.15, 0.2) is 9.84 Å². The molecule has 0 bridgehead atoms. The lowest BCUT2D eigenvalue weighted by atomic mass is 10.2. The standard InChI is InChI=1S/C14H19F3N2O3S/c1-9(2)8-23(21,22)13(3,4)12(20)19-11-6-5-10(7-18-11)14(15,16)17/h5-7,9H,8H2,1-4H3,(H,18,19,20). The maximum absolute atomic E-state index is 12.4. The average Bonchev–Trinajstić information content (AvgIpc) is 2.36. The van der Waals surface area contributed by atoms with Gasteiger partial charge in [-0.1, -0.05) is 13.8 Å². The molecule has 1 aromatic rings. The van der Waals surface area contributed by atoms with E-state index in [9.17, 15) is 26.4 Å². The van der Waals surface area contributed by atoms with E-state index in [4.69, 9.17) is 0 Å². The molecule has 0 fully saturated rings. The number of hydrogen-bond donors (Lipinski definition) is 1. The molecular weight excluding hydrogens is 333 g/mol. The average molecular weight is 352 g/mol. The van der Waals surface area contributed by atoms with Crippen LogP contribution in [0.25, 0.3) is 0 Å². The molecule has 0 radical (unpaired) electrons. The minimum atomic E-state index is -4.53. The van der Waals surface area contributed by atoms with Crippen LogP contribution in [0.4, 0.5) is 19.0 Å². The van der Waals surface area contributed by atoms with Gasteiger partial charge in [0.25, 0.3) is 0 Å². The smallest absolute Gasteiger partial charge is 0.309 e. The second kappa shape index (κ2) is 6.46. The Morgan fingerprint density at radius 1 is 1.26 bits per heavy atom. The molecule has 0 unspecified atom stereocenters. The molecule has 0 spiro atoms. The van der Waals surface area contributed by atoms with Crippen molar-refractivity contribution in [2.75, 3.05) is 11.1 Å². The molecule has 0 saturated heterocycles.